The Morgan fingerprint density at radius 3 is 2.26 bits per heavy atom. The van der Waals surface area contributed by atoms with Crippen LogP contribution in [0, 0.1) is 0 Å². The van der Waals surface area contributed by atoms with Gasteiger partial charge in [0.2, 0.25) is 0 Å². The molecule has 1 aromatic rings. The van der Waals surface area contributed by atoms with Crippen molar-refractivity contribution in [2.45, 2.75) is 58.5 Å². The van der Waals surface area contributed by atoms with Crippen molar-refractivity contribution in [3.05, 3.63) is 29.8 Å². The molecule has 1 aliphatic rings. The Bertz CT molecular complexity index is 476. The second-order valence-electron chi connectivity index (χ2n) is 6.48. The van der Waals surface area contributed by atoms with E-state index < -0.39 is 0 Å². The summed E-state index contributed by atoms with van der Waals surface area (Å²) in [5.74, 6) is 0. The molecule has 128 valence electrons. The Labute approximate surface area is 147 Å². The minimum atomic E-state index is 0.573. The Kier molecular flexibility index (Phi) is 7.15. The van der Waals surface area contributed by atoms with E-state index in [1.54, 1.807) is 0 Å². The molecule has 0 radical (unpaired) electrons. The number of thiocarbonyl (C=S) groups is 1. The van der Waals surface area contributed by atoms with Gasteiger partial charge in [0.05, 0.1) is 0 Å². The van der Waals surface area contributed by atoms with E-state index in [9.17, 15) is 0 Å². The van der Waals surface area contributed by atoms with Crippen LogP contribution in [0.15, 0.2) is 24.3 Å². The topological polar surface area (TPSA) is 18.5 Å². The molecule has 0 unspecified atom stereocenters. The molecule has 0 heterocycles. The van der Waals surface area contributed by atoms with Gasteiger partial charge >= 0.3 is 0 Å². The quantitative estimate of drug-likeness (QED) is 0.787. The van der Waals surface area contributed by atoms with Crippen LogP contribution in [-0.4, -0.2) is 36.2 Å². The molecule has 0 amide bonds. The van der Waals surface area contributed by atoms with Crippen molar-refractivity contribution >= 4 is 23.0 Å². The summed E-state index contributed by atoms with van der Waals surface area (Å²) in [5, 5.41) is 4.42. The predicted octanol–water partition coefficient (Wildman–Crippen LogP) is 4.17. The lowest BCUT2D eigenvalue weighted by Gasteiger charge is -2.28. The van der Waals surface area contributed by atoms with E-state index in [2.05, 4.69) is 60.3 Å². The second-order valence-corrected chi connectivity index (χ2v) is 6.87. The normalized spacial score (nSPS) is 15.3. The molecule has 1 fully saturated rings. The van der Waals surface area contributed by atoms with E-state index in [4.69, 9.17) is 12.2 Å². The number of anilines is 1. The van der Waals surface area contributed by atoms with Gasteiger partial charge in [0.15, 0.2) is 5.11 Å². The highest BCUT2D eigenvalue weighted by atomic mass is 32.1. The third kappa shape index (κ3) is 5.38. The van der Waals surface area contributed by atoms with Gasteiger partial charge < -0.3 is 15.1 Å². The molecule has 0 saturated heterocycles. The first kappa shape index (κ1) is 18.1. The van der Waals surface area contributed by atoms with Gasteiger partial charge in [0, 0.05) is 38.4 Å². The molecule has 0 atom stereocenters. The number of nitrogens with one attached hydrogen (secondary N) is 1. The molecule has 2 rings (SSSR count). The molecule has 0 spiro atoms. The average Bonchev–Trinajstić information content (AvgIpc) is 2.58. The summed E-state index contributed by atoms with van der Waals surface area (Å²) >= 11 is 5.57. The molecule has 0 aromatic heterocycles. The second kappa shape index (κ2) is 9.11. The first-order chi connectivity index (χ1) is 11.1. The van der Waals surface area contributed by atoms with Crippen LogP contribution in [0.3, 0.4) is 0 Å². The number of hydrogen-bond donors (Lipinski definition) is 1. The third-order valence-corrected chi connectivity index (χ3v) is 5.19. The van der Waals surface area contributed by atoms with Crippen molar-refractivity contribution in [2.75, 3.05) is 25.0 Å². The van der Waals surface area contributed by atoms with Crippen molar-refractivity contribution in [1.29, 1.82) is 0 Å². The largest absolute Gasteiger partial charge is 0.372 e. The first-order valence-corrected chi connectivity index (χ1v) is 9.40. The maximum atomic E-state index is 5.57. The summed E-state index contributed by atoms with van der Waals surface area (Å²) in [5.41, 5.74) is 2.60. The number of nitrogens with zero attached hydrogens (tertiary/aromatic N) is 2. The Morgan fingerprint density at radius 2 is 1.70 bits per heavy atom. The molecule has 0 bridgehead atoms. The summed E-state index contributed by atoms with van der Waals surface area (Å²) in [6, 6.07) is 9.44. The van der Waals surface area contributed by atoms with E-state index in [1.165, 1.54) is 43.4 Å². The SMILES string of the molecule is CCN(CC)c1ccc(CN(C)C(=S)NC2CCCCC2)cc1. The van der Waals surface area contributed by atoms with Crippen LogP contribution in [0.2, 0.25) is 0 Å². The molecular formula is C19H31N3S. The molecule has 1 aliphatic carbocycles. The zero-order valence-corrected chi connectivity index (χ0v) is 15.7. The zero-order valence-electron chi connectivity index (χ0n) is 14.8. The van der Waals surface area contributed by atoms with Crippen LogP contribution in [-0.2, 0) is 6.54 Å². The minimum Gasteiger partial charge on any atom is -0.372 e. The van der Waals surface area contributed by atoms with Crippen molar-refractivity contribution in [2.24, 2.45) is 0 Å². The summed E-state index contributed by atoms with van der Waals surface area (Å²) in [4.78, 5) is 4.51. The van der Waals surface area contributed by atoms with Crippen LogP contribution in [0.1, 0.15) is 51.5 Å². The number of hydrogen-bond acceptors (Lipinski definition) is 2. The van der Waals surface area contributed by atoms with E-state index in [-0.39, 0.29) is 0 Å². The highest BCUT2D eigenvalue weighted by molar-refractivity contribution is 7.80. The van der Waals surface area contributed by atoms with Gasteiger partial charge in [-0.1, -0.05) is 31.4 Å². The molecule has 4 heteroatoms. The fraction of sp³-hybridized carbons (Fsp3) is 0.632. The first-order valence-electron chi connectivity index (χ1n) is 8.99. The van der Waals surface area contributed by atoms with Crippen molar-refractivity contribution in [3.63, 3.8) is 0 Å². The highest BCUT2D eigenvalue weighted by Crippen LogP contribution is 2.18. The predicted molar refractivity (Wildman–Crippen MR) is 104 cm³/mol. The van der Waals surface area contributed by atoms with E-state index in [0.717, 1.165) is 24.7 Å². The highest BCUT2D eigenvalue weighted by Gasteiger charge is 2.15. The van der Waals surface area contributed by atoms with Crippen molar-refractivity contribution in [1.82, 2.24) is 10.2 Å². The third-order valence-electron chi connectivity index (χ3n) is 4.76. The molecular weight excluding hydrogens is 302 g/mol. The van der Waals surface area contributed by atoms with Gasteiger partial charge in [-0.05, 0) is 56.6 Å². The summed E-state index contributed by atoms with van der Waals surface area (Å²) in [7, 11) is 2.08. The molecule has 3 nitrogen and oxygen atoms in total. The standard InChI is InChI=1S/C19H31N3S/c1-4-22(5-2)18-13-11-16(12-14-18)15-21(3)19(23)20-17-9-7-6-8-10-17/h11-14,17H,4-10,15H2,1-3H3,(H,20,23). The van der Waals surface area contributed by atoms with Gasteiger partial charge in [0.1, 0.15) is 0 Å². The summed E-state index contributed by atoms with van der Waals surface area (Å²) in [6.07, 6.45) is 6.55. The fourth-order valence-electron chi connectivity index (χ4n) is 3.28. The van der Waals surface area contributed by atoms with E-state index in [1.807, 2.05) is 0 Å². The van der Waals surface area contributed by atoms with Crippen LogP contribution in [0.4, 0.5) is 5.69 Å². The minimum absolute atomic E-state index is 0.573. The van der Waals surface area contributed by atoms with E-state index >= 15 is 0 Å². The lowest BCUT2D eigenvalue weighted by atomic mass is 9.96. The van der Waals surface area contributed by atoms with Crippen LogP contribution in [0.25, 0.3) is 0 Å². The Morgan fingerprint density at radius 1 is 1.09 bits per heavy atom. The number of rotatable bonds is 6. The lowest BCUT2D eigenvalue weighted by Crippen LogP contribution is -2.43. The molecule has 23 heavy (non-hydrogen) atoms. The Hall–Kier alpha value is -1.29. The van der Waals surface area contributed by atoms with Crippen LogP contribution < -0.4 is 10.2 Å². The van der Waals surface area contributed by atoms with Gasteiger partial charge in [0.25, 0.3) is 0 Å². The zero-order chi connectivity index (χ0) is 16.7. The smallest absolute Gasteiger partial charge is 0.169 e. The molecule has 1 aromatic carbocycles. The summed E-state index contributed by atoms with van der Waals surface area (Å²) in [6.45, 7) is 7.34. The maximum absolute atomic E-state index is 5.57. The molecule has 1 saturated carbocycles. The monoisotopic (exact) mass is 333 g/mol. The summed E-state index contributed by atoms with van der Waals surface area (Å²) < 4.78 is 0. The van der Waals surface area contributed by atoms with Gasteiger partial charge in [-0.25, -0.2) is 0 Å². The molecule has 0 aliphatic heterocycles. The van der Waals surface area contributed by atoms with E-state index in [0.29, 0.717) is 6.04 Å². The molecule has 1 N–H and O–H groups in total. The maximum Gasteiger partial charge on any atom is 0.169 e. The van der Waals surface area contributed by atoms with Crippen molar-refractivity contribution < 1.29 is 0 Å². The van der Waals surface area contributed by atoms with Gasteiger partial charge in [-0.3, -0.25) is 0 Å². The van der Waals surface area contributed by atoms with Gasteiger partial charge in [-0.15, -0.1) is 0 Å². The van der Waals surface area contributed by atoms with Crippen LogP contribution >= 0.6 is 12.2 Å². The average molecular weight is 334 g/mol. The Balaban J connectivity index is 1.86. The number of benzene rings is 1. The lowest BCUT2D eigenvalue weighted by molar-refractivity contribution is 0.392. The van der Waals surface area contributed by atoms with Crippen LogP contribution in [0.5, 0.6) is 0 Å². The van der Waals surface area contributed by atoms with Crippen molar-refractivity contribution in [3.8, 4) is 0 Å². The van der Waals surface area contributed by atoms with Gasteiger partial charge in [-0.2, -0.15) is 0 Å². The fourth-order valence-corrected chi connectivity index (χ4v) is 3.51.